The van der Waals surface area contributed by atoms with Gasteiger partial charge in [0.25, 0.3) is 0 Å². The summed E-state index contributed by atoms with van der Waals surface area (Å²) in [6, 6.07) is 0. The van der Waals surface area contributed by atoms with Gasteiger partial charge in [0.1, 0.15) is 5.76 Å². The Morgan fingerprint density at radius 3 is 2.57 bits per heavy atom. The van der Waals surface area contributed by atoms with Crippen LogP contribution in [-0.2, 0) is 9.53 Å². The van der Waals surface area contributed by atoms with Crippen LogP contribution in [0.25, 0.3) is 0 Å². The third-order valence-corrected chi connectivity index (χ3v) is 2.45. The highest BCUT2D eigenvalue weighted by Crippen LogP contribution is 2.29. The van der Waals surface area contributed by atoms with Crippen LogP contribution in [0.1, 0.15) is 52.9 Å². The Labute approximate surface area is 86.3 Å². The molecule has 1 aliphatic carbocycles. The molecule has 0 radical (unpaired) electrons. The highest BCUT2D eigenvalue weighted by Gasteiger charge is 2.16. The maximum atomic E-state index is 10.9. The maximum absolute atomic E-state index is 10.9. The summed E-state index contributed by atoms with van der Waals surface area (Å²) in [6.07, 6.45) is 5.53. The Kier molecular flexibility index (Phi) is 4.18. The summed E-state index contributed by atoms with van der Waals surface area (Å²) in [7, 11) is 0. The van der Waals surface area contributed by atoms with Crippen LogP contribution in [-0.4, -0.2) is 5.97 Å². The van der Waals surface area contributed by atoms with Crippen molar-refractivity contribution in [1.29, 1.82) is 0 Å². The quantitative estimate of drug-likeness (QED) is 0.646. The van der Waals surface area contributed by atoms with Gasteiger partial charge in [-0.05, 0) is 37.2 Å². The number of esters is 1. The number of rotatable bonds is 3. The standard InChI is InChI=1S/C12H20O2/c1-9(2)8-11-6-4-5-7-12(11)14-10(3)13/h9H,4-8H2,1-3H3. The van der Waals surface area contributed by atoms with Crippen molar-refractivity contribution in [3.05, 3.63) is 11.3 Å². The summed E-state index contributed by atoms with van der Waals surface area (Å²) in [5.74, 6) is 1.43. The first kappa shape index (κ1) is 11.3. The number of allylic oxidation sites excluding steroid dienone is 2. The van der Waals surface area contributed by atoms with Gasteiger partial charge in [-0.3, -0.25) is 4.79 Å². The van der Waals surface area contributed by atoms with Crippen LogP contribution in [0.4, 0.5) is 0 Å². The highest BCUT2D eigenvalue weighted by atomic mass is 16.5. The topological polar surface area (TPSA) is 26.3 Å². The van der Waals surface area contributed by atoms with Gasteiger partial charge in [0.2, 0.25) is 0 Å². The third-order valence-electron chi connectivity index (χ3n) is 2.45. The molecule has 0 aromatic rings. The van der Waals surface area contributed by atoms with Crippen LogP contribution in [0.5, 0.6) is 0 Å². The molecule has 0 spiro atoms. The molecule has 0 heterocycles. The van der Waals surface area contributed by atoms with Crippen LogP contribution < -0.4 is 0 Å². The number of hydrogen-bond donors (Lipinski definition) is 0. The van der Waals surface area contributed by atoms with E-state index in [1.807, 2.05) is 0 Å². The Balaban J connectivity index is 2.68. The molecule has 0 amide bonds. The van der Waals surface area contributed by atoms with E-state index in [9.17, 15) is 4.79 Å². The average molecular weight is 196 g/mol. The van der Waals surface area contributed by atoms with Gasteiger partial charge in [-0.15, -0.1) is 0 Å². The predicted octanol–water partition coefficient (Wildman–Crippen LogP) is 3.42. The molecular formula is C12H20O2. The molecule has 0 saturated heterocycles. The van der Waals surface area contributed by atoms with Gasteiger partial charge in [-0.1, -0.05) is 13.8 Å². The second-order valence-corrected chi connectivity index (χ2v) is 4.43. The van der Waals surface area contributed by atoms with Crippen molar-refractivity contribution >= 4 is 5.97 Å². The minimum Gasteiger partial charge on any atom is -0.431 e. The molecule has 1 rings (SSSR count). The molecule has 0 N–H and O–H groups in total. The van der Waals surface area contributed by atoms with E-state index in [4.69, 9.17) is 4.74 Å². The average Bonchev–Trinajstić information content (AvgIpc) is 2.06. The second kappa shape index (κ2) is 5.18. The van der Waals surface area contributed by atoms with Crippen LogP contribution >= 0.6 is 0 Å². The fraction of sp³-hybridized carbons (Fsp3) is 0.750. The molecular weight excluding hydrogens is 176 g/mol. The number of carbonyl (C=O) groups excluding carboxylic acids is 1. The third kappa shape index (κ3) is 3.52. The zero-order valence-electron chi connectivity index (χ0n) is 9.43. The van der Waals surface area contributed by atoms with E-state index < -0.39 is 0 Å². The lowest BCUT2D eigenvalue weighted by Gasteiger charge is -2.20. The molecule has 0 aromatic carbocycles. The van der Waals surface area contributed by atoms with Crippen molar-refractivity contribution in [1.82, 2.24) is 0 Å². The monoisotopic (exact) mass is 196 g/mol. The summed E-state index contributed by atoms with van der Waals surface area (Å²) in [5.41, 5.74) is 1.36. The molecule has 80 valence electrons. The fourth-order valence-electron chi connectivity index (χ4n) is 1.95. The molecule has 2 heteroatoms. The van der Waals surface area contributed by atoms with Crippen LogP contribution in [0.2, 0.25) is 0 Å². The maximum Gasteiger partial charge on any atom is 0.307 e. The van der Waals surface area contributed by atoms with Crippen LogP contribution in [0.15, 0.2) is 11.3 Å². The van der Waals surface area contributed by atoms with E-state index in [1.54, 1.807) is 0 Å². The summed E-state index contributed by atoms with van der Waals surface area (Å²) in [4.78, 5) is 10.9. The highest BCUT2D eigenvalue weighted by molar-refractivity contribution is 5.67. The lowest BCUT2D eigenvalue weighted by molar-refractivity contribution is -0.137. The Bertz CT molecular complexity index is 239. The molecule has 0 aromatic heterocycles. The van der Waals surface area contributed by atoms with Crippen molar-refractivity contribution in [3.63, 3.8) is 0 Å². The number of ether oxygens (including phenoxy) is 1. The number of carbonyl (C=O) groups is 1. The molecule has 0 atom stereocenters. The summed E-state index contributed by atoms with van der Waals surface area (Å²) >= 11 is 0. The van der Waals surface area contributed by atoms with Crippen molar-refractivity contribution in [2.24, 2.45) is 5.92 Å². The Morgan fingerprint density at radius 2 is 2.00 bits per heavy atom. The van der Waals surface area contributed by atoms with Crippen LogP contribution in [0.3, 0.4) is 0 Å². The minimum atomic E-state index is -0.178. The van der Waals surface area contributed by atoms with Crippen molar-refractivity contribution in [2.45, 2.75) is 52.9 Å². The van der Waals surface area contributed by atoms with E-state index in [0.29, 0.717) is 5.92 Å². The SMILES string of the molecule is CC(=O)OC1=C(CC(C)C)CCCC1. The molecule has 0 bridgehead atoms. The van der Waals surface area contributed by atoms with E-state index in [0.717, 1.165) is 31.4 Å². The summed E-state index contributed by atoms with van der Waals surface area (Å²) < 4.78 is 5.25. The van der Waals surface area contributed by atoms with Crippen molar-refractivity contribution < 1.29 is 9.53 Å². The first-order valence-corrected chi connectivity index (χ1v) is 5.49. The van der Waals surface area contributed by atoms with E-state index >= 15 is 0 Å². The predicted molar refractivity (Wildman–Crippen MR) is 56.7 cm³/mol. The minimum absolute atomic E-state index is 0.178. The molecule has 1 aliphatic rings. The van der Waals surface area contributed by atoms with Gasteiger partial charge in [-0.2, -0.15) is 0 Å². The molecule has 0 unspecified atom stereocenters. The fourth-order valence-corrected chi connectivity index (χ4v) is 1.95. The normalized spacial score (nSPS) is 17.4. The summed E-state index contributed by atoms with van der Waals surface area (Å²) in [6.45, 7) is 5.88. The second-order valence-electron chi connectivity index (χ2n) is 4.43. The molecule has 2 nitrogen and oxygen atoms in total. The van der Waals surface area contributed by atoms with E-state index in [2.05, 4.69) is 13.8 Å². The number of hydrogen-bond acceptors (Lipinski definition) is 2. The lowest BCUT2D eigenvalue weighted by atomic mass is 9.91. The Hall–Kier alpha value is -0.790. The van der Waals surface area contributed by atoms with Crippen molar-refractivity contribution in [3.8, 4) is 0 Å². The molecule has 14 heavy (non-hydrogen) atoms. The van der Waals surface area contributed by atoms with Gasteiger partial charge in [0.15, 0.2) is 0 Å². The van der Waals surface area contributed by atoms with E-state index in [1.165, 1.54) is 18.9 Å². The summed E-state index contributed by atoms with van der Waals surface area (Å²) in [5, 5.41) is 0. The van der Waals surface area contributed by atoms with Crippen molar-refractivity contribution in [2.75, 3.05) is 0 Å². The smallest absolute Gasteiger partial charge is 0.307 e. The van der Waals surface area contributed by atoms with Crippen LogP contribution in [0, 0.1) is 5.92 Å². The van der Waals surface area contributed by atoms with E-state index in [-0.39, 0.29) is 5.97 Å². The lowest BCUT2D eigenvalue weighted by Crippen LogP contribution is -2.08. The Morgan fingerprint density at radius 1 is 1.36 bits per heavy atom. The zero-order chi connectivity index (χ0) is 10.6. The zero-order valence-corrected chi connectivity index (χ0v) is 9.43. The van der Waals surface area contributed by atoms with Gasteiger partial charge in [0.05, 0.1) is 0 Å². The van der Waals surface area contributed by atoms with Gasteiger partial charge in [-0.25, -0.2) is 0 Å². The molecule has 0 aliphatic heterocycles. The molecule has 0 fully saturated rings. The first-order valence-electron chi connectivity index (χ1n) is 5.49. The van der Waals surface area contributed by atoms with Gasteiger partial charge < -0.3 is 4.74 Å². The molecule has 0 saturated carbocycles. The van der Waals surface area contributed by atoms with Gasteiger partial charge >= 0.3 is 5.97 Å². The first-order chi connectivity index (χ1) is 6.59. The van der Waals surface area contributed by atoms with Gasteiger partial charge in [0, 0.05) is 13.3 Å². The largest absolute Gasteiger partial charge is 0.431 e.